The topological polar surface area (TPSA) is 137 Å². The van der Waals surface area contributed by atoms with Crippen molar-refractivity contribution in [2.24, 2.45) is 5.92 Å². The number of aromatic amines is 1. The Morgan fingerprint density at radius 3 is 2.55 bits per heavy atom. The Morgan fingerprint density at radius 1 is 1.30 bits per heavy atom. The molecule has 1 heterocycles. The first-order chi connectivity index (χ1) is 9.38. The summed E-state index contributed by atoms with van der Waals surface area (Å²) in [5.74, 6) is -4.01. The van der Waals surface area contributed by atoms with Crippen LogP contribution in [-0.4, -0.2) is 33.0 Å². The van der Waals surface area contributed by atoms with E-state index in [4.69, 9.17) is 10.2 Å². The van der Waals surface area contributed by atoms with Gasteiger partial charge in [0.1, 0.15) is 0 Å². The number of aromatic nitrogens is 1. The zero-order valence-corrected chi connectivity index (χ0v) is 10.5. The minimum Gasteiger partial charge on any atom is -0.481 e. The molecule has 0 radical (unpaired) electrons. The van der Waals surface area contributed by atoms with E-state index < -0.39 is 29.3 Å². The van der Waals surface area contributed by atoms with Crippen LogP contribution in [-0.2, 0) is 14.4 Å². The van der Waals surface area contributed by atoms with Crippen LogP contribution < -0.4 is 10.9 Å². The van der Waals surface area contributed by atoms with Gasteiger partial charge in [0.2, 0.25) is 11.5 Å². The van der Waals surface area contributed by atoms with Gasteiger partial charge in [-0.2, -0.15) is 0 Å². The highest BCUT2D eigenvalue weighted by molar-refractivity contribution is 5.93. The third-order valence-corrected chi connectivity index (χ3v) is 2.55. The molecule has 1 atom stereocenters. The summed E-state index contributed by atoms with van der Waals surface area (Å²) in [4.78, 5) is 46.4. The van der Waals surface area contributed by atoms with Gasteiger partial charge in [-0.05, 0) is 12.5 Å². The van der Waals surface area contributed by atoms with Gasteiger partial charge in [-0.25, -0.2) is 0 Å². The summed E-state index contributed by atoms with van der Waals surface area (Å²) < 4.78 is 0. The number of H-pyrrole nitrogens is 1. The average Bonchev–Trinajstić information content (AvgIpc) is 2.33. The van der Waals surface area contributed by atoms with Gasteiger partial charge in [0, 0.05) is 30.8 Å². The molecule has 20 heavy (non-hydrogen) atoms. The molecule has 0 saturated carbocycles. The quantitative estimate of drug-likeness (QED) is 0.566. The third kappa shape index (κ3) is 5.34. The van der Waals surface area contributed by atoms with Gasteiger partial charge in [-0.3, -0.25) is 19.2 Å². The van der Waals surface area contributed by atoms with Crippen molar-refractivity contribution in [3.8, 4) is 0 Å². The molecule has 1 amide bonds. The maximum Gasteiger partial charge on any atom is 0.307 e. The maximum absolute atomic E-state index is 11.6. The van der Waals surface area contributed by atoms with Gasteiger partial charge in [-0.1, -0.05) is 0 Å². The van der Waals surface area contributed by atoms with Crippen molar-refractivity contribution >= 4 is 23.5 Å². The molecule has 0 aliphatic rings. The molecule has 8 nitrogen and oxygen atoms in total. The minimum absolute atomic E-state index is 0.131. The Hall–Kier alpha value is -2.64. The molecule has 0 aromatic carbocycles. The number of rotatable bonds is 7. The normalized spacial score (nSPS) is 11.6. The molecule has 1 unspecified atom stereocenters. The number of hydrogen-bond acceptors (Lipinski definition) is 4. The highest BCUT2D eigenvalue weighted by Gasteiger charge is 2.22. The van der Waals surface area contributed by atoms with Crippen molar-refractivity contribution in [1.82, 2.24) is 4.98 Å². The van der Waals surface area contributed by atoms with E-state index in [0.717, 1.165) is 6.07 Å². The van der Waals surface area contributed by atoms with E-state index in [9.17, 15) is 19.2 Å². The molecule has 0 aliphatic carbocycles. The van der Waals surface area contributed by atoms with Crippen LogP contribution in [0.2, 0.25) is 0 Å². The van der Waals surface area contributed by atoms with Crippen LogP contribution in [0.15, 0.2) is 23.1 Å². The number of carboxylic acids is 2. The molecule has 1 rings (SSSR count). The number of aliphatic carboxylic acids is 2. The molecular formula is C12H14N2O6. The number of nitrogens with one attached hydrogen (secondary N) is 2. The second-order valence-electron chi connectivity index (χ2n) is 4.16. The maximum atomic E-state index is 11.6. The molecule has 0 bridgehead atoms. The molecule has 1 aromatic heterocycles. The van der Waals surface area contributed by atoms with Gasteiger partial charge in [0.05, 0.1) is 5.92 Å². The molecule has 0 spiro atoms. The lowest BCUT2D eigenvalue weighted by molar-refractivity contribution is -0.144. The van der Waals surface area contributed by atoms with E-state index in [0.29, 0.717) is 0 Å². The SMILES string of the molecule is O=C(O)CCC(CC(=O)Nc1cc[nH]c(=O)c1)C(=O)O. The Labute approximate surface area is 113 Å². The summed E-state index contributed by atoms with van der Waals surface area (Å²) in [7, 11) is 0. The highest BCUT2D eigenvalue weighted by Crippen LogP contribution is 2.13. The molecule has 0 fully saturated rings. The van der Waals surface area contributed by atoms with Gasteiger partial charge in [-0.15, -0.1) is 0 Å². The first-order valence-corrected chi connectivity index (χ1v) is 5.81. The standard InChI is InChI=1S/C12H14N2O6/c15-9-6-8(3-4-13-9)14-10(16)5-7(12(19)20)1-2-11(17)18/h3-4,6-7H,1-2,5H2,(H,17,18)(H,19,20)(H2,13,14,15,16). The third-order valence-electron chi connectivity index (χ3n) is 2.55. The van der Waals surface area contributed by atoms with Gasteiger partial charge < -0.3 is 20.5 Å². The fraction of sp³-hybridized carbons (Fsp3) is 0.333. The fourth-order valence-electron chi connectivity index (χ4n) is 1.57. The van der Waals surface area contributed by atoms with E-state index in [2.05, 4.69) is 10.3 Å². The van der Waals surface area contributed by atoms with Gasteiger partial charge in [0.15, 0.2) is 0 Å². The number of carboxylic acid groups (broad SMARTS) is 2. The zero-order chi connectivity index (χ0) is 15.1. The van der Waals surface area contributed by atoms with Crippen molar-refractivity contribution in [1.29, 1.82) is 0 Å². The first kappa shape index (κ1) is 15.4. The summed E-state index contributed by atoms with van der Waals surface area (Å²) in [6.45, 7) is 0. The average molecular weight is 282 g/mol. The predicted molar refractivity (Wildman–Crippen MR) is 68.3 cm³/mol. The number of anilines is 1. The lowest BCUT2D eigenvalue weighted by atomic mass is 9.99. The Balaban J connectivity index is 2.60. The summed E-state index contributed by atoms with van der Waals surface area (Å²) in [5.41, 5.74) is -0.149. The molecule has 1 aromatic rings. The predicted octanol–water partition coefficient (Wildman–Crippen LogP) is 0.269. The summed E-state index contributed by atoms with van der Waals surface area (Å²) >= 11 is 0. The summed E-state index contributed by atoms with van der Waals surface area (Å²) in [6, 6.07) is 2.61. The molecule has 4 N–H and O–H groups in total. The van der Waals surface area contributed by atoms with Crippen LogP contribution in [0.1, 0.15) is 19.3 Å². The fourth-order valence-corrected chi connectivity index (χ4v) is 1.57. The zero-order valence-electron chi connectivity index (χ0n) is 10.5. The smallest absolute Gasteiger partial charge is 0.307 e. The van der Waals surface area contributed by atoms with Crippen LogP contribution in [0.3, 0.4) is 0 Å². The Kier molecular flexibility index (Phi) is 5.45. The molecule has 0 saturated heterocycles. The first-order valence-electron chi connectivity index (χ1n) is 5.81. The number of carbonyl (C=O) groups is 3. The van der Waals surface area contributed by atoms with Crippen LogP contribution in [0.25, 0.3) is 0 Å². The van der Waals surface area contributed by atoms with Crippen LogP contribution >= 0.6 is 0 Å². The lowest BCUT2D eigenvalue weighted by Crippen LogP contribution is -2.23. The summed E-state index contributed by atoms with van der Waals surface area (Å²) in [6.07, 6.45) is 0.537. The minimum atomic E-state index is -1.23. The van der Waals surface area contributed by atoms with Crippen molar-refractivity contribution in [3.63, 3.8) is 0 Å². The van der Waals surface area contributed by atoms with E-state index in [1.54, 1.807) is 0 Å². The summed E-state index contributed by atoms with van der Waals surface area (Å²) in [5, 5.41) is 19.8. The number of carbonyl (C=O) groups excluding carboxylic acids is 1. The second-order valence-corrected chi connectivity index (χ2v) is 4.16. The second kappa shape index (κ2) is 7.07. The van der Waals surface area contributed by atoms with Gasteiger partial charge in [0.25, 0.3) is 0 Å². The van der Waals surface area contributed by atoms with Crippen molar-refractivity contribution in [2.45, 2.75) is 19.3 Å². The van der Waals surface area contributed by atoms with Crippen LogP contribution in [0.4, 0.5) is 5.69 Å². The van der Waals surface area contributed by atoms with Crippen molar-refractivity contribution < 1.29 is 24.6 Å². The van der Waals surface area contributed by atoms with Crippen molar-refractivity contribution in [2.75, 3.05) is 5.32 Å². The largest absolute Gasteiger partial charge is 0.481 e. The van der Waals surface area contributed by atoms with Gasteiger partial charge >= 0.3 is 11.9 Å². The Bertz CT molecular complexity index is 565. The Morgan fingerprint density at radius 2 is 2.00 bits per heavy atom. The van der Waals surface area contributed by atoms with E-state index >= 15 is 0 Å². The number of amides is 1. The van der Waals surface area contributed by atoms with Crippen LogP contribution in [0.5, 0.6) is 0 Å². The van der Waals surface area contributed by atoms with Crippen molar-refractivity contribution in [3.05, 3.63) is 28.7 Å². The molecule has 8 heteroatoms. The molecule has 0 aliphatic heterocycles. The molecule has 108 valence electrons. The number of hydrogen-bond donors (Lipinski definition) is 4. The van der Waals surface area contributed by atoms with E-state index in [-0.39, 0.29) is 24.9 Å². The van der Waals surface area contributed by atoms with Crippen LogP contribution in [0, 0.1) is 5.92 Å². The lowest BCUT2D eigenvalue weighted by Gasteiger charge is -2.11. The molecular weight excluding hydrogens is 268 g/mol. The van der Waals surface area contributed by atoms with E-state index in [1.807, 2.05) is 0 Å². The highest BCUT2D eigenvalue weighted by atomic mass is 16.4. The monoisotopic (exact) mass is 282 g/mol. The number of pyridine rings is 1. The van der Waals surface area contributed by atoms with E-state index in [1.165, 1.54) is 12.3 Å².